The number of hydrogen-bond donors (Lipinski definition) is 1. The van der Waals surface area contributed by atoms with Crippen molar-refractivity contribution in [1.82, 2.24) is 9.88 Å². The number of aromatic nitrogens is 1. The van der Waals surface area contributed by atoms with Gasteiger partial charge in [-0.05, 0) is 26.3 Å². The third-order valence-corrected chi connectivity index (χ3v) is 4.36. The molecule has 1 aromatic rings. The smallest absolute Gasteiger partial charge is 0.168 e. The van der Waals surface area contributed by atoms with Crippen LogP contribution >= 0.6 is 0 Å². The van der Waals surface area contributed by atoms with Gasteiger partial charge >= 0.3 is 0 Å². The minimum Gasteiger partial charge on any atom is -0.371 e. The van der Waals surface area contributed by atoms with Gasteiger partial charge in [-0.25, -0.2) is 13.8 Å². The van der Waals surface area contributed by atoms with E-state index in [1.165, 1.54) is 6.42 Å². The average molecular weight is 282 g/mol. The van der Waals surface area contributed by atoms with E-state index < -0.39 is 11.6 Å². The zero-order valence-corrected chi connectivity index (χ0v) is 11.9. The molecule has 2 fully saturated rings. The summed E-state index contributed by atoms with van der Waals surface area (Å²) in [6.07, 6.45) is 2.34. The first-order valence-electron chi connectivity index (χ1n) is 7.14. The van der Waals surface area contributed by atoms with Gasteiger partial charge in [0.05, 0.1) is 0 Å². The zero-order chi connectivity index (χ0) is 14.3. The third-order valence-electron chi connectivity index (χ3n) is 4.36. The summed E-state index contributed by atoms with van der Waals surface area (Å²) in [5, 5.41) is 2.67. The maximum atomic E-state index is 14.1. The Morgan fingerprint density at radius 3 is 2.85 bits per heavy atom. The fourth-order valence-corrected chi connectivity index (χ4v) is 3.32. The Bertz CT molecular complexity index is 508. The highest BCUT2D eigenvalue weighted by Crippen LogP contribution is 2.30. The lowest BCUT2D eigenvalue weighted by molar-refractivity contribution is 0.201. The number of halogens is 2. The number of pyridine rings is 1. The quantitative estimate of drug-likeness (QED) is 0.900. The lowest BCUT2D eigenvalue weighted by atomic mass is 10.1. The van der Waals surface area contributed by atoms with E-state index in [2.05, 4.69) is 22.1 Å². The highest BCUT2D eigenvalue weighted by atomic mass is 19.1. The Hall–Kier alpha value is -1.43. The van der Waals surface area contributed by atoms with Gasteiger partial charge in [-0.1, -0.05) is 0 Å². The van der Waals surface area contributed by atoms with Crippen molar-refractivity contribution >= 4 is 11.6 Å². The first kappa shape index (κ1) is 13.5. The SMILES string of the molecule is CNc1nc(N2CC3CCCN3CC2C)c(F)cc1F. The van der Waals surface area contributed by atoms with E-state index in [4.69, 9.17) is 0 Å². The molecule has 3 heterocycles. The van der Waals surface area contributed by atoms with E-state index >= 15 is 0 Å². The van der Waals surface area contributed by atoms with Gasteiger partial charge in [-0.15, -0.1) is 0 Å². The summed E-state index contributed by atoms with van der Waals surface area (Å²) in [5.74, 6) is -0.877. The zero-order valence-electron chi connectivity index (χ0n) is 11.9. The normalized spacial score (nSPS) is 26.7. The van der Waals surface area contributed by atoms with Crippen LogP contribution in [0.5, 0.6) is 0 Å². The predicted molar refractivity (Wildman–Crippen MR) is 75.1 cm³/mol. The number of rotatable bonds is 2. The highest BCUT2D eigenvalue weighted by Gasteiger charge is 2.36. The summed E-state index contributed by atoms with van der Waals surface area (Å²) in [5.41, 5.74) is 0. The van der Waals surface area contributed by atoms with Gasteiger partial charge in [0, 0.05) is 38.3 Å². The second-order valence-electron chi connectivity index (χ2n) is 5.67. The number of anilines is 2. The Morgan fingerprint density at radius 1 is 1.30 bits per heavy atom. The first-order valence-corrected chi connectivity index (χ1v) is 7.14. The average Bonchev–Trinajstić information content (AvgIpc) is 2.85. The molecule has 0 aliphatic carbocycles. The number of piperazine rings is 1. The molecule has 20 heavy (non-hydrogen) atoms. The summed E-state index contributed by atoms with van der Waals surface area (Å²) in [6.45, 7) is 4.87. The largest absolute Gasteiger partial charge is 0.371 e. The molecule has 0 amide bonds. The van der Waals surface area contributed by atoms with Crippen LogP contribution in [0.3, 0.4) is 0 Å². The van der Waals surface area contributed by atoms with Crippen LogP contribution in [-0.2, 0) is 0 Å². The molecule has 2 aliphatic rings. The standard InChI is InChI=1S/C14H20F2N4/c1-9-7-19-5-3-4-10(19)8-20(9)14-12(16)6-11(15)13(17-2)18-14/h6,9-10H,3-5,7-8H2,1-2H3,(H,17,18). The molecule has 0 aromatic carbocycles. The summed E-state index contributed by atoms with van der Waals surface area (Å²) < 4.78 is 27.6. The van der Waals surface area contributed by atoms with Gasteiger partial charge in [0.15, 0.2) is 23.3 Å². The van der Waals surface area contributed by atoms with Gasteiger partial charge in [0.1, 0.15) is 0 Å². The topological polar surface area (TPSA) is 31.4 Å². The molecule has 1 N–H and O–H groups in total. The molecule has 110 valence electrons. The molecular weight excluding hydrogens is 262 g/mol. The van der Waals surface area contributed by atoms with Crippen molar-refractivity contribution in [1.29, 1.82) is 0 Å². The molecule has 0 saturated carbocycles. The van der Waals surface area contributed by atoms with Crippen molar-refractivity contribution < 1.29 is 8.78 Å². The maximum absolute atomic E-state index is 14.1. The van der Waals surface area contributed by atoms with Crippen molar-refractivity contribution in [3.63, 3.8) is 0 Å². The Labute approximate surface area is 117 Å². The van der Waals surface area contributed by atoms with Gasteiger partial charge in [0.2, 0.25) is 0 Å². The van der Waals surface area contributed by atoms with Gasteiger partial charge in [0.25, 0.3) is 0 Å². The monoisotopic (exact) mass is 282 g/mol. The maximum Gasteiger partial charge on any atom is 0.168 e. The van der Waals surface area contributed by atoms with Gasteiger partial charge < -0.3 is 10.2 Å². The molecule has 3 rings (SSSR count). The minimum absolute atomic E-state index is 0.0995. The second kappa shape index (κ2) is 5.16. The number of fused-ring (bicyclic) bond motifs is 1. The predicted octanol–water partition coefficient (Wildman–Crippen LogP) is 2.07. The lowest BCUT2D eigenvalue weighted by Gasteiger charge is -2.43. The molecule has 4 nitrogen and oxygen atoms in total. The molecule has 0 radical (unpaired) electrons. The number of hydrogen-bond acceptors (Lipinski definition) is 4. The Morgan fingerprint density at radius 2 is 2.10 bits per heavy atom. The summed E-state index contributed by atoms with van der Waals surface area (Å²) in [6, 6.07) is 1.57. The van der Waals surface area contributed by atoms with E-state index in [0.29, 0.717) is 6.04 Å². The van der Waals surface area contributed by atoms with Gasteiger partial charge in [-0.2, -0.15) is 0 Å². The van der Waals surface area contributed by atoms with E-state index in [-0.39, 0.29) is 17.7 Å². The molecule has 2 aliphatic heterocycles. The van der Waals surface area contributed by atoms with Crippen LogP contribution in [0, 0.1) is 11.6 Å². The summed E-state index contributed by atoms with van der Waals surface area (Å²) >= 11 is 0. The molecule has 2 unspecified atom stereocenters. The van der Waals surface area contributed by atoms with E-state index in [0.717, 1.165) is 32.1 Å². The van der Waals surface area contributed by atoms with Crippen LogP contribution in [0.2, 0.25) is 0 Å². The van der Waals surface area contributed by atoms with Crippen molar-refractivity contribution in [3.8, 4) is 0 Å². The molecule has 2 saturated heterocycles. The Kier molecular flexibility index (Phi) is 3.50. The third kappa shape index (κ3) is 2.22. The molecule has 2 atom stereocenters. The summed E-state index contributed by atoms with van der Waals surface area (Å²) in [7, 11) is 1.59. The lowest BCUT2D eigenvalue weighted by Crippen LogP contribution is -2.55. The number of nitrogens with one attached hydrogen (secondary N) is 1. The molecule has 0 bridgehead atoms. The van der Waals surface area contributed by atoms with Crippen LogP contribution in [0.1, 0.15) is 19.8 Å². The number of nitrogens with zero attached hydrogens (tertiary/aromatic N) is 3. The van der Waals surface area contributed by atoms with E-state index in [1.54, 1.807) is 7.05 Å². The molecule has 1 aromatic heterocycles. The highest BCUT2D eigenvalue weighted by molar-refractivity contribution is 5.50. The van der Waals surface area contributed by atoms with Crippen LogP contribution in [0.15, 0.2) is 6.07 Å². The van der Waals surface area contributed by atoms with Crippen molar-refractivity contribution in [3.05, 3.63) is 17.7 Å². The fraction of sp³-hybridized carbons (Fsp3) is 0.643. The van der Waals surface area contributed by atoms with Crippen LogP contribution in [0.25, 0.3) is 0 Å². The molecular formula is C14H20F2N4. The summed E-state index contributed by atoms with van der Waals surface area (Å²) in [4.78, 5) is 8.56. The van der Waals surface area contributed by atoms with Crippen molar-refractivity contribution in [2.24, 2.45) is 0 Å². The van der Waals surface area contributed by atoms with E-state index in [1.807, 2.05) is 4.90 Å². The van der Waals surface area contributed by atoms with Crippen LogP contribution < -0.4 is 10.2 Å². The van der Waals surface area contributed by atoms with E-state index in [9.17, 15) is 8.78 Å². The molecule has 0 spiro atoms. The fourth-order valence-electron chi connectivity index (χ4n) is 3.32. The Balaban J connectivity index is 1.91. The van der Waals surface area contributed by atoms with Gasteiger partial charge in [-0.3, -0.25) is 4.90 Å². The van der Waals surface area contributed by atoms with Crippen LogP contribution in [-0.4, -0.2) is 48.6 Å². The second-order valence-corrected chi connectivity index (χ2v) is 5.67. The van der Waals surface area contributed by atoms with Crippen molar-refractivity contribution in [2.45, 2.75) is 31.8 Å². The minimum atomic E-state index is -0.652. The van der Waals surface area contributed by atoms with Crippen molar-refractivity contribution in [2.75, 3.05) is 36.9 Å². The molecule has 6 heteroatoms. The van der Waals surface area contributed by atoms with Crippen LogP contribution in [0.4, 0.5) is 20.4 Å². The first-order chi connectivity index (χ1) is 9.60.